The summed E-state index contributed by atoms with van der Waals surface area (Å²) in [6.45, 7) is 0.420. The van der Waals surface area contributed by atoms with Crippen LogP contribution in [0.4, 0.5) is 0 Å². The summed E-state index contributed by atoms with van der Waals surface area (Å²) >= 11 is 0. The lowest BCUT2D eigenvalue weighted by Crippen LogP contribution is -2.46. The maximum atomic E-state index is 12.3. The fraction of sp³-hybridized carbons (Fsp3) is 0.795. The minimum atomic E-state index is -1.71. The minimum absolute atomic E-state index is 0.0296. The summed E-state index contributed by atoms with van der Waals surface area (Å²) in [6.07, 6.45) is 13.5. The molecule has 1 fully saturated rings. The minimum Gasteiger partial charge on any atom is -0.481 e. The second-order valence-corrected chi connectivity index (χ2v) is 14.0. The Bertz CT molecular complexity index is 1240. The molecule has 19 nitrogen and oxygen atoms in total. The molecule has 0 aromatic rings. The highest BCUT2D eigenvalue weighted by Crippen LogP contribution is 2.17. The van der Waals surface area contributed by atoms with Gasteiger partial charge >= 0.3 is 17.9 Å². The quantitative estimate of drug-likeness (QED) is 0.0384. The van der Waals surface area contributed by atoms with Crippen LogP contribution < -0.4 is 16.0 Å². The number of aliphatic carboxylic acids is 3. The summed E-state index contributed by atoms with van der Waals surface area (Å²) in [6, 6.07) is -1.16. The Morgan fingerprint density at radius 1 is 0.534 bits per heavy atom. The Balaban J connectivity index is 1.95. The van der Waals surface area contributed by atoms with Gasteiger partial charge in [-0.2, -0.15) is 0 Å². The molecule has 332 valence electrons. The molecule has 6 N–H and O–H groups in total. The maximum absolute atomic E-state index is 12.3. The average Bonchev–Trinajstić information content (AvgIpc) is 3.51. The van der Waals surface area contributed by atoms with Gasteiger partial charge in [0, 0.05) is 45.2 Å². The van der Waals surface area contributed by atoms with Gasteiger partial charge in [-0.15, -0.1) is 0 Å². The van der Waals surface area contributed by atoms with E-state index in [4.69, 9.17) is 24.1 Å². The molecule has 1 saturated heterocycles. The van der Waals surface area contributed by atoms with Crippen LogP contribution in [-0.2, 0) is 57.3 Å². The van der Waals surface area contributed by atoms with Gasteiger partial charge in [-0.25, -0.2) is 14.5 Å². The number of carbonyl (C=O) groups is 8. The summed E-state index contributed by atoms with van der Waals surface area (Å²) < 4.78 is 21.0. The van der Waals surface area contributed by atoms with Crippen molar-refractivity contribution < 1.29 is 72.6 Å². The van der Waals surface area contributed by atoms with Crippen molar-refractivity contribution in [3.05, 3.63) is 0 Å². The number of carboxylic acid groups (broad SMARTS) is 3. The number of imide groups is 1. The molecule has 0 aromatic carbocycles. The number of rotatable bonds is 39. The molecule has 2 atom stereocenters. The first-order valence-electron chi connectivity index (χ1n) is 20.6. The molecular weight excluding hydrogens is 764 g/mol. The van der Waals surface area contributed by atoms with Crippen molar-refractivity contribution >= 4 is 47.4 Å². The van der Waals surface area contributed by atoms with Crippen LogP contribution in [0.2, 0.25) is 0 Å². The molecule has 0 aliphatic carbocycles. The molecule has 19 heteroatoms. The van der Waals surface area contributed by atoms with Gasteiger partial charge in [0.15, 0.2) is 0 Å². The van der Waals surface area contributed by atoms with Crippen molar-refractivity contribution in [2.45, 2.75) is 141 Å². The fourth-order valence-corrected chi connectivity index (χ4v) is 5.96. The smallest absolute Gasteiger partial charge is 0.354 e. The lowest BCUT2D eigenvalue weighted by molar-refractivity contribution is -0.175. The van der Waals surface area contributed by atoms with E-state index >= 15 is 0 Å². The van der Waals surface area contributed by atoms with Crippen LogP contribution in [0.1, 0.15) is 128 Å². The molecule has 1 unspecified atom stereocenters. The Kier molecular flexibility index (Phi) is 30.1. The van der Waals surface area contributed by atoms with Gasteiger partial charge in [0.2, 0.25) is 35.8 Å². The predicted octanol–water partition coefficient (Wildman–Crippen LogP) is 2.52. The molecular formula is C39H66N4O15. The number of hydrogen-bond donors (Lipinski definition) is 6. The van der Waals surface area contributed by atoms with Gasteiger partial charge in [0.25, 0.3) is 0 Å². The van der Waals surface area contributed by atoms with E-state index in [1.807, 2.05) is 0 Å². The van der Waals surface area contributed by atoms with Crippen molar-refractivity contribution in [2.24, 2.45) is 0 Å². The number of likely N-dealkylation sites (tertiary alicyclic amines) is 1. The van der Waals surface area contributed by atoms with Gasteiger partial charge in [0.1, 0.15) is 12.6 Å². The zero-order valence-corrected chi connectivity index (χ0v) is 33.8. The van der Waals surface area contributed by atoms with E-state index < -0.39 is 47.9 Å². The molecule has 0 aromatic heterocycles. The van der Waals surface area contributed by atoms with Crippen LogP contribution in [0.25, 0.3) is 0 Å². The highest BCUT2D eigenvalue weighted by Gasteiger charge is 2.39. The monoisotopic (exact) mass is 830 g/mol. The number of hydrogen-bond acceptors (Lipinski definition) is 12. The number of ether oxygens (including phenoxy) is 4. The lowest BCUT2D eigenvalue weighted by atomic mass is 10.0. The summed E-state index contributed by atoms with van der Waals surface area (Å²) in [7, 11) is 0. The van der Waals surface area contributed by atoms with Crippen LogP contribution in [0, 0.1) is 0 Å². The number of nitrogens with one attached hydrogen (secondary N) is 3. The molecule has 0 bridgehead atoms. The number of carbonyl (C=O) groups excluding carboxylic acids is 5. The number of unbranched alkanes of at least 4 members (excludes halogenated alkanes) is 13. The molecule has 1 heterocycles. The van der Waals surface area contributed by atoms with Gasteiger partial charge in [-0.05, 0) is 19.3 Å². The largest absolute Gasteiger partial charge is 0.481 e. The van der Waals surface area contributed by atoms with Crippen molar-refractivity contribution in [1.29, 1.82) is 0 Å². The lowest BCUT2D eigenvalue weighted by Gasteiger charge is -2.22. The molecule has 0 saturated carbocycles. The van der Waals surface area contributed by atoms with E-state index in [-0.39, 0.29) is 110 Å². The van der Waals surface area contributed by atoms with Gasteiger partial charge in [0.05, 0.1) is 39.6 Å². The third-order valence-corrected chi connectivity index (χ3v) is 9.12. The normalized spacial score (nSPS) is 13.6. The first-order chi connectivity index (χ1) is 27.9. The van der Waals surface area contributed by atoms with Gasteiger partial charge in [-0.1, -0.05) is 77.0 Å². The van der Waals surface area contributed by atoms with E-state index in [2.05, 4.69) is 16.0 Å². The zero-order chi connectivity index (χ0) is 42.8. The molecule has 1 rings (SSSR count). The zero-order valence-electron chi connectivity index (χ0n) is 33.8. The second kappa shape index (κ2) is 33.7. The van der Waals surface area contributed by atoms with Crippen molar-refractivity contribution in [1.82, 2.24) is 20.9 Å². The Morgan fingerprint density at radius 2 is 1.00 bits per heavy atom. The Labute approximate surface area is 340 Å². The Hall–Kier alpha value is -4.20. The summed E-state index contributed by atoms with van der Waals surface area (Å²) in [4.78, 5) is 93.9. The van der Waals surface area contributed by atoms with E-state index in [9.17, 15) is 48.6 Å². The van der Waals surface area contributed by atoms with E-state index in [0.29, 0.717) is 11.3 Å². The Morgan fingerprint density at radius 3 is 1.50 bits per heavy atom. The van der Waals surface area contributed by atoms with Crippen LogP contribution >= 0.6 is 0 Å². The molecule has 1 aliphatic rings. The first-order valence-corrected chi connectivity index (χ1v) is 20.6. The van der Waals surface area contributed by atoms with E-state index in [1.54, 1.807) is 0 Å². The topological polar surface area (TPSA) is 273 Å². The van der Waals surface area contributed by atoms with Gasteiger partial charge in [-0.3, -0.25) is 28.8 Å². The number of amides is 5. The third kappa shape index (κ3) is 27.4. The van der Waals surface area contributed by atoms with E-state index in [1.165, 1.54) is 38.5 Å². The first kappa shape index (κ1) is 51.8. The highest BCUT2D eigenvalue weighted by atomic mass is 16.6. The van der Waals surface area contributed by atoms with Crippen LogP contribution in [0.5, 0.6) is 0 Å². The van der Waals surface area contributed by atoms with E-state index in [0.717, 1.165) is 44.9 Å². The van der Waals surface area contributed by atoms with Crippen LogP contribution in [0.15, 0.2) is 0 Å². The standard InChI is InChI=1S/C39H66N4O15/c44-31(18-17-30(38(51)52)42-32(45)15-13-11-9-7-5-3-1-2-4-6-8-10-12-14-16-36(49)50)40-21-23-55-25-26-57-29-33(46)41-22-24-56-27-28-58-37(39(53)54)43-34(47)19-20-35(43)48/h30,37H,1-29H2,(H,40,44)(H,41,46)(H,42,45)(H,49,50)(H,51,52)(H,53,54)/t30-,37?/m0/s1. The van der Waals surface area contributed by atoms with Gasteiger partial charge < -0.3 is 50.2 Å². The molecule has 5 amide bonds. The number of nitrogens with zero attached hydrogens (tertiary/aromatic N) is 1. The predicted molar refractivity (Wildman–Crippen MR) is 207 cm³/mol. The fourth-order valence-electron chi connectivity index (χ4n) is 5.96. The molecule has 0 radical (unpaired) electrons. The molecule has 58 heavy (non-hydrogen) atoms. The van der Waals surface area contributed by atoms with Crippen molar-refractivity contribution in [2.75, 3.05) is 59.3 Å². The molecule has 1 aliphatic heterocycles. The second-order valence-electron chi connectivity index (χ2n) is 14.0. The molecule has 0 spiro atoms. The maximum Gasteiger partial charge on any atom is 0.354 e. The van der Waals surface area contributed by atoms with Crippen LogP contribution in [0.3, 0.4) is 0 Å². The third-order valence-electron chi connectivity index (χ3n) is 9.12. The SMILES string of the molecule is O=C(O)CCCCCCCCCCCCCCCCC(=O)N[C@@H](CCC(=O)NCCOCCOCC(=O)NCCOCCOC(C(=O)O)N1C(=O)CCC1=O)C(=O)O. The van der Waals surface area contributed by atoms with Crippen molar-refractivity contribution in [3.8, 4) is 0 Å². The van der Waals surface area contributed by atoms with Crippen molar-refractivity contribution in [3.63, 3.8) is 0 Å². The number of carboxylic acids is 3. The average molecular weight is 831 g/mol. The highest BCUT2D eigenvalue weighted by molar-refractivity contribution is 6.04. The summed E-state index contributed by atoms with van der Waals surface area (Å²) in [5.74, 6) is -5.73. The summed E-state index contributed by atoms with van der Waals surface area (Å²) in [5.41, 5.74) is 0. The van der Waals surface area contributed by atoms with Crippen LogP contribution in [-0.4, -0.2) is 139 Å². The summed E-state index contributed by atoms with van der Waals surface area (Å²) in [5, 5.41) is 35.1.